The summed E-state index contributed by atoms with van der Waals surface area (Å²) in [5.74, 6) is 0.819. The van der Waals surface area contributed by atoms with E-state index in [1.54, 1.807) is 4.90 Å². The number of benzene rings is 1. The van der Waals surface area contributed by atoms with Gasteiger partial charge >= 0.3 is 0 Å². The molecule has 0 bridgehead atoms. The van der Waals surface area contributed by atoms with E-state index >= 15 is 0 Å². The lowest BCUT2D eigenvalue weighted by atomic mass is 10.1. The number of nitrogens with zero attached hydrogens (tertiary/aromatic N) is 2. The van der Waals surface area contributed by atoms with Crippen LogP contribution in [-0.2, 0) is 10.0 Å². The zero-order valence-electron chi connectivity index (χ0n) is 12.8. The summed E-state index contributed by atoms with van der Waals surface area (Å²) in [5.41, 5.74) is 5.84. The van der Waals surface area contributed by atoms with E-state index in [1.165, 1.54) is 32.4 Å². The maximum atomic E-state index is 12.4. The Labute approximate surface area is 130 Å². The van der Waals surface area contributed by atoms with E-state index in [0.29, 0.717) is 11.5 Å². The summed E-state index contributed by atoms with van der Waals surface area (Å²) >= 11 is 0. The molecule has 1 aliphatic rings. The van der Waals surface area contributed by atoms with E-state index in [-0.39, 0.29) is 10.9 Å². The van der Waals surface area contributed by atoms with E-state index < -0.39 is 10.0 Å². The summed E-state index contributed by atoms with van der Waals surface area (Å²) < 4.78 is 38.7. The van der Waals surface area contributed by atoms with Crippen LogP contribution < -0.4 is 15.2 Å². The maximum absolute atomic E-state index is 12.4. The molecule has 122 valence electrons. The summed E-state index contributed by atoms with van der Waals surface area (Å²) in [5, 5.41) is 0. The normalized spacial score (nSPS) is 16.5. The van der Waals surface area contributed by atoms with Crippen LogP contribution in [0.25, 0.3) is 0 Å². The van der Waals surface area contributed by atoms with Gasteiger partial charge < -0.3 is 20.1 Å². The molecule has 2 rings (SSSR count). The average Bonchev–Trinajstić information content (AvgIpc) is 2.54. The molecule has 0 atom stereocenters. The standard InChI is InChI=1S/C14H21N3O4S/c1-20-12-7-6-11(10-13(12)21-2)22(18,19)16-14(15)17-8-4-3-5-9-17/h6-7,10H,3-5,8-9H2,1-2H3,(H2,15,16). The molecular weight excluding hydrogens is 306 g/mol. The Hall–Kier alpha value is -1.96. The van der Waals surface area contributed by atoms with E-state index in [2.05, 4.69) is 4.40 Å². The Bertz CT molecular complexity index is 652. The van der Waals surface area contributed by atoms with E-state index in [4.69, 9.17) is 15.2 Å². The molecule has 0 unspecified atom stereocenters. The van der Waals surface area contributed by atoms with Crippen LogP contribution >= 0.6 is 0 Å². The predicted molar refractivity (Wildman–Crippen MR) is 83.8 cm³/mol. The summed E-state index contributed by atoms with van der Waals surface area (Å²) in [6.07, 6.45) is 3.12. The van der Waals surface area contributed by atoms with Crippen LogP contribution in [-0.4, -0.2) is 46.6 Å². The van der Waals surface area contributed by atoms with Crippen molar-refractivity contribution in [2.24, 2.45) is 10.1 Å². The Morgan fingerprint density at radius 1 is 1.14 bits per heavy atom. The van der Waals surface area contributed by atoms with Crippen LogP contribution in [0.1, 0.15) is 19.3 Å². The molecule has 7 nitrogen and oxygen atoms in total. The predicted octanol–water partition coefficient (Wildman–Crippen LogP) is 1.19. The smallest absolute Gasteiger partial charge is 0.285 e. The van der Waals surface area contributed by atoms with Crippen molar-refractivity contribution in [1.82, 2.24) is 4.90 Å². The van der Waals surface area contributed by atoms with Crippen molar-refractivity contribution < 1.29 is 17.9 Å². The highest BCUT2D eigenvalue weighted by atomic mass is 32.2. The summed E-state index contributed by atoms with van der Waals surface area (Å²) in [7, 11) is -0.952. The van der Waals surface area contributed by atoms with Crippen molar-refractivity contribution >= 4 is 16.0 Å². The SMILES string of the molecule is COc1ccc(S(=O)(=O)/N=C(/N)N2CCCCC2)cc1OC. The first-order valence-corrected chi connectivity index (χ1v) is 8.49. The summed E-state index contributed by atoms with van der Waals surface area (Å²) in [6.45, 7) is 1.47. The van der Waals surface area contributed by atoms with Crippen molar-refractivity contribution in [3.8, 4) is 11.5 Å². The fourth-order valence-corrected chi connectivity index (χ4v) is 3.30. The lowest BCUT2D eigenvalue weighted by molar-refractivity contribution is 0.339. The molecule has 2 N–H and O–H groups in total. The third-order valence-corrected chi connectivity index (χ3v) is 4.82. The molecule has 0 spiro atoms. The van der Waals surface area contributed by atoms with Crippen LogP contribution in [0.2, 0.25) is 0 Å². The molecule has 8 heteroatoms. The largest absolute Gasteiger partial charge is 0.493 e. The van der Waals surface area contributed by atoms with Crippen LogP contribution in [0, 0.1) is 0 Å². The lowest BCUT2D eigenvalue weighted by Crippen LogP contribution is -2.41. The molecule has 1 aliphatic heterocycles. The van der Waals surface area contributed by atoms with Gasteiger partial charge in [-0.2, -0.15) is 8.42 Å². The number of rotatable bonds is 4. The second kappa shape index (κ2) is 6.87. The average molecular weight is 327 g/mol. The van der Waals surface area contributed by atoms with Gasteiger partial charge in [0.1, 0.15) is 0 Å². The van der Waals surface area contributed by atoms with Crippen LogP contribution in [0.3, 0.4) is 0 Å². The molecule has 0 aromatic heterocycles. The topological polar surface area (TPSA) is 94.2 Å². The zero-order valence-corrected chi connectivity index (χ0v) is 13.6. The van der Waals surface area contributed by atoms with Gasteiger partial charge in [0, 0.05) is 19.2 Å². The number of hydrogen-bond acceptors (Lipinski definition) is 4. The van der Waals surface area contributed by atoms with Crippen molar-refractivity contribution in [3.63, 3.8) is 0 Å². The summed E-state index contributed by atoms with van der Waals surface area (Å²) in [6, 6.07) is 4.32. The number of sulfonamides is 1. The maximum Gasteiger partial charge on any atom is 0.285 e. The first kappa shape index (κ1) is 16.4. The molecule has 1 heterocycles. The van der Waals surface area contributed by atoms with E-state index in [0.717, 1.165) is 32.4 Å². The quantitative estimate of drug-likeness (QED) is 0.659. The van der Waals surface area contributed by atoms with Crippen LogP contribution in [0.15, 0.2) is 27.5 Å². The molecule has 1 fully saturated rings. The van der Waals surface area contributed by atoms with Crippen LogP contribution in [0.5, 0.6) is 11.5 Å². The molecule has 1 aromatic rings. The first-order chi connectivity index (χ1) is 10.5. The van der Waals surface area contributed by atoms with E-state index in [9.17, 15) is 8.42 Å². The number of methoxy groups -OCH3 is 2. The van der Waals surface area contributed by atoms with Gasteiger partial charge in [0.15, 0.2) is 11.5 Å². The lowest BCUT2D eigenvalue weighted by Gasteiger charge is -2.27. The molecule has 0 aliphatic carbocycles. The highest BCUT2D eigenvalue weighted by molar-refractivity contribution is 7.90. The van der Waals surface area contributed by atoms with Gasteiger partial charge in [-0.05, 0) is 31.4 Å². The van der Waals surface area contributed by atoms with Crippen molar-refractivity contribution in [3.05, 3.63) is 18.2 Å². The monoisotopic (exact) mass is 327 g/mol. The fourth-order valence-electron chi connectivity index (χ4n) is 2.33. The van der Waals surface area contributed by atoms with Crippen molar-refractivity contribution in [1.29, 1.82) is 0 Å². The Morgan fingerprint density at radius 2 is 1.77 bits per heavy atom. The minimum Gasteiger partial charge on any atom is -0.493 e. The van der Waals surface area contributed by atoms with Crippen LogP contribution in [0.4, 0.5) is 0 Å². The van der Waals surface area contributed by atoms with Gasteiger partial charge in [0.2, 0.25) is 5.96 Å². The van der Waals surface area contributed by atoms with E-state index in [1.807, 2.05) is 0 Å². The molecule has 0 radical (unpaired) electrons. The van der Waals surface area contributed by atoms with Gasteiger partial charge in [-0.25, -0.2) is 0 Å². The van der Waals surface area contributed by atoms with Crippen molar-refractivity contribution in [2.75, 3.05) is 27.3 Å². The fraction of sp³-hybridized carbons (Fsp3) is 0.500. The Kier molecular flexibility index (Phi) is 5.12. The molecule has 0 amide bonds. The number of guanidine groups is 1. The minimum absolute atomic E-state index is 0.0186. The number of piperidine rings is 1. The number of hydrogen-bond donors (Lipinski definition) is 1. The minimum atomic E-state index is -3.88. The van der Waals surface area contributed by atoms with Gasteiger partial charge in [0.05, 0.1) is 19.1 Å². The Balaban J connectivity index is 2.29. The zero-order chi connectivity index (χ0) is 16.2. The second-order valence-corrected chi connectivity index (χ2v) is 6.59. The highest BCUT2D eigenvalue weighted by Gasteiger charge is 2.19. The number of nitrogens with two attached hydrogens (primary N) is 1. The van der Waals surface area contributed by atoms with Gasteiger partial charge in [-0.3, -0.25) is 0 Å². The first-order valence-electron chi connectivity index (χ1n) is 7.05. The number of likely N-dealkylation sites (tertiary alicyclic amines) is 1. The molecule has 1 saturated heterocycles. The molecule has 22 heavy (non-hydrogen) atoms. The second-order valence-electron chi connectivity index (χ2n) is 4.99. The van der Waals surface area contributed by atoms with Gasteiger partial charge in [0.25, 0.3) is 10.0 Å². The third kappa shape index (κ3) is 3.62. The highest BCUT2D eigenvalue weighted by Crippen LogP contribution is 2.30. The van der Waals surface area contributed by atoms with Gasteiger partial charge in [-0.1, -0.05) is 0 Å². The third-order valence-electron chi connectivity index (χ3n) is 3.55. The molecule has 1 aromatic carbocycles. The van der Waals surface area contributed by atoms with Crippen molar-refractivity contribution in [2.45, 2.75) is 24.2 Å². The molecule has 0 saturated carbocycles. The Morgan fingerprint density at radius 3 is 2.36 bits per heavy atom. The number of ether oxygens (including phenoxy) is 2. The van der Waals surface area contributed by atoms with Gasteiger partial charge in [-0.15, -0.1) is 4.40 Å². The summed E-state index contributed by atoms with van der Waals surface area (Å²) in [4.78, 5) is 1.81. The molecular formula is C14H21N3O4S.